The molecule has 272 valence electrons. The summed E-state index contributed by atoms with van der Waals surface area (Å²) in [6, 6.07) is 10.00. The number of carbonyl (C=O) groups is 1. The van der Waals surface area contributed by atoms with E-state index in [0.29, 0.717) is 52.0 Å². The summed E-state index contributed by atoms with van der Waals surface area (Å²) < 4.78 is 94.6. The molecule has 14 heteroatoms. The molecule has 5 rings (SSSR count). The second-order valence-corrected chi connectivity index (χ2v) is 13.8. The molecule has 1 amide bonds. The minimum atomic E-state index is -5.00. The van der Waals surface area contributed by atoms with E-state index >= 15 is 0 Å². The zero-order valence-corrected chi connectivity index (χ0v) is 28.6. The predicted molar refractivity (Wildman–Crippen MR) is 177 cm³/mol. The fourth-order valence-corrected chi connectivity index (χ4v) is 6.67. The van der Waals surface area contributed by atoms with Crippen LogP contribution in [0.4, 0.5) is 42.8 Å². The van der Waals surface area contributed by atoms with Crippen molar-refractivity contribution in [3.63, 3.8) is 0 Å². The second-order valence-electron chi connectivity index (χ2n) is 13.8. The molecule has 0 spiro atoms. The van der Waals surface area contributed by atoms with Crippen LogP contribution in [0.2, 0.25) is 0 Å². The zero-order chi connectivity index (χ0) is 36.3. The van der Waals surface area contributed by atoms with E-state index in [1.165, 1.54) is 0 Å². The SMILES string of the molecule is CCC1CC(N(Cc2cc(C(F)(F)F)cc(C(F)(F)F)c2)c2ncc(N3CCOCC3)cn2)CC(Cc2ccccc2)N1C(=O)OC(C)(C)C. The van der Waals surface area contributed by atoms with Gasteiger partial charge in [0.15, 0.2) is 0 Å². The first-order valence-corrected chi connectivity index (χ1v) is 16.8. The quantitative estimate of drug-likeness (QED) is 0.219. The van der Waals surface area contributed by atoms with Gasteiger partial charge in [-0.1, -0.05) is 37.3 Å². The number of benzene rings is 2. The number of alkyl halides is 6. The Kier molecular flexibility index (Phi) is 11.2. The topological polar surface area (TPSA) is 71.0 Å². The van der Waals surface area contributed by atoms with Crippen LogP contribution in [0.15, 0.2) is 60.9 Å². The van der Waals surface area contributed by atoms with Gasteiger partial charge in [-0.15, -0.1) is 0 Å². The molecule has 2 saturated heterocycles. The minimum Gasteiger partial charge on any atom is -0.444 e. The highest BCUT2D eigenvalue weighted by molar-refractivity contribution is 5.69. The van der Waals surface area contributed by atoms with Crippen LogP contribution in [0, 0.1) is 0 Å². The fraction of sp³-hybridized carbons (Fsp3) is 0.528. The molecule has 2 aliphatic heterocycles. The van der Waals surface area contributed by atoms with Crippen LogP contribution in [0.3, 0.4) is 0 Å². The molecule has 0 aliphatic carbocycles. The van der Waals surface area contributed by atoms with Gasteiger partial charge < -0.3 is 24.2 Å². The fourth-order valence-electron chi connectivity index (χ4n) is 6.67. The van der Waals surface area contributed by atoms with E-state index in [-0.39, 0.29) is 30.2 Å². The number of amides is 1. The number of anilines is 2. The van der Waals surface area contributed by atoms with Crippen molar-refractivity contribution in [2.24, 2.45) is 0 Å². The van der Waals surface area contributed by atoms with Crippen molar-refractivity contribution >= 4 is 17.7 Å². The monoisotopic (exact) mass is 707 g/mol. The summed E-state index contributed by atoms with van der Waals surface area (Å²) in [6.07, 6.45) is -5.55. The Morgan fingerprint density at radius 3 is 2.00 bits per heavy atom. The average molecular weight is 708 g/mol. The maximum atomic E-state index is 13.9. The van der Waals surface area contributed by atoms with Crippen molar-refractivity contribution in [2.45, 2.75) is 96.0 Å². The van der Waals surface area contributed by atoms with Gasteiger partial charge in [0.2, 0.25) is 5.95 Å². The molecule has 50 heavy (non-hydrogen) atoms. The number of morpholine rings is 1. The number of carbonyl (C=O) groups excluding carboxylic acids is 1. The Balaban J connectivity index is 1.57. The molecule has 3 unspecified atom stereocenters. The molecular formula is C36H43F6N5O3. The van der Waals surface area contributed by atoms with Gasteiger partial charge in [0.05, 0.1) is 42.4 Å². The zero-order valence-electron chi connectivity index (χ0n) is 28.6. The minimum absolute atomic E-state index is 0.129. The van der Waals surface area contributed by atoms with Gasteiger partial charge in [-0.3, -0.25) is 0 Å². The highest BCUT2D eigenvalue weighted by Crippen LogP contribution is 2.38. The van der Waals surface area contributed by atoms with Crippen LogP contribution >= 0.6 is 0 Å². The van der Waals surface area contributed by atoms with Crippen LogP contribution in [0.1, 0.15) is 69.2 Å². The summed E-state index contributed by atoms with van der Waals surface area (Å²) in [5.74, 6) is 0.164. The molecule has 0 saturated carbocycles. The van der Waals surface area contributed by atoms with Crippen molar-refractivity contribution in [3.8, 4) is 0 Å². The maximum Gasteiger partial charge on any atom is 0.416 e. The van der Waals surface area contributed by atoms with Crippen molar-refractivity contribution < 1.29 is 40.6 Å². The first-order valence-electron chi connectivity index (χ1n) is 16.8. The van der Waals surface area contributed by atoms with Crippen LogP contribution in [0.25, 0.3) is 0 Å². The third kappa shape index (κ3) is 9.37. The molecule has 8 nitrogen and oxygen atoms in total. The highest BCUT2D eigenvalue weighted by atomic mass is 19.4. The summed E-state index contributed by atoms with van der Waals surface area (Å²) >= 11 is 0. The Morgan fingerprint density at radius 1 is 0.880 bits per heavy atom. The predicted octanol–water partition coefficient (Wildman–Crippen LogP) is 8.15. The number of aromatic nitrogens is 2. The van der Waals surface area contributed by atoms with Gasteiger partial charge in [0.1, 0.15) is 5.60 Å². The highest BCUT2D eigenvalue weighted by Gasteiger charge is 2.43. The number of rotatable bonds is 8. The van der Waals surface area contributed by atoms with E-state index in [0.717, 1.165) is 23.4 Å². The third-order valence-corrected chi connectivity index (χ3v) is 8.96. The van der Waals surface area contributed by atoms with E-state index in [2.05, 4.69) is 9.97 Å². The van der Waals surface area contributed by atoms with E-state index in [1.807, 2.05) is 42.2 Å². The van der Waals surface area contributed by atoms with Gasteiger partial charge in [-0.2, -0.15) is 26.3 Å². The van der Waals surface area contributed by atoms with Gasteiger partial charge in [0.25, 0.3) is 0 Å². The summed E-state index contributed by atoms with van der Waals surface area (Å²) in [5, 5.41) is 0. The van der Waals surface area contributed by atoms with Crippen molar-refractivity contribution in [1.82, 2.24) is 14.9 Å². The lowest BCUT2D eigenvalue weighted by atomic mass is 9.86. The Labute approximate surface area is 288 Å². The lowest BCUT2D eigenvalue weighted by Gasteiger charge is -2.48. The molecule has 2 aromatic carbocycles. The number of hydrogen-bond donors (Lipinski definition) is 0. The molecule has 0 radical (unpaired) electrons. The van der Waals surface area contributed by atoms with Crippen LogP contribution in [-0.2, 0) is 34.8 Å². The Morgan fingerprint density at radius 2 is 1.46 bits per heavy atom. The van der Waals surface area contributed by atoms with Gasteiger partial charge in [0, 0.05) is 37.8 Å². The van der Waals surface area contributed by atoms with E-state index in [4.69, 9.17) is 9.47 Å². The first kappa shape index (κ1) is 37.2. The van der Waals surface area contributed by atoms with Gasteiger partial charge >= 0.3 is 18.4 Å². The lowest BCUT2D eigenvalue weighted by molar-refractivity contribution is -0.143. The van der Waals surface area contributed by atoms with Crippen molar-refractivity contribution in [1.29, 1.82) is 0 Å². The Bertz CT molecular complexity index is 1540. The standard InChI is InChI=1S/C36H43F6N5O3/c1-5-28-19-29(20-30(17-24-9-7-6-8-10-24)47(28)33(48)50-34(2,3)4)46(32-43-21-31(22-44-32)45-11-13-49-14-12-45)23-25-15-26(35(37,38)39)18-27(16-25)36(40,41)42/h6-10,15-16,18,21-22,28-30H,5,11-14,17,19-20,23H2,1-4H3. The molecule has 1 aromatic heterocycles. The number of piperidine rings is 1. The van der Waals surface area contributed by atoms with E-state index in [9.17, 15) is 31.1 Å². The molecule has 2 aliphatic rings. The van der Waals surface area contributed by atoms with Crippen molar-refractivity contribution in [2.75, 3.05) is 36.1 Å². The summed E-state index contributed by atoms with van der Waals surface area (Å²) in [6.45, 7) is 9.28. The van der Waals surface area contributed by atoms with Crippen LogP contribution < -0.4 is 9.80 Å². The van der Waals surface area contributed by atoms with Crippen LogP contribution in [0.5, 0.6) is 0 Å². The smallest absolute Gasteiger partial charge is 0.416 e. The summed E-state index contributed by atoms with van der Waals surface area (Å²) in [5.41, 5.74) is -2.03. The summed E-state index contributed by atoms with van der Waals surface area (Å²) in [4.78, 5) is 28.4. The van der Waals surface area contributed by atoms with Crippen molar-refractivity contribution in [3.05, 3.63) is 83.2 Å². The Hall–Kier alpha value is -4.07. The number of likely N-dealkylation sites (tertiary alicyclic amines) is 1. The lowest BCUT2D eigenvalue weighted by Crippen LogP contribution is -2.58. The average Bonchev–Trinajstić information content (AvgIpc) is 3.06. The largest absolute Gasteiger partial charge is 0.444 e. The number of nitrogens with zero attached hydrogens (tertiary/aromatic N) is 5. The molecule has 3 heterocycles. The molecule has 3 aromatic rings. The van der Waals surface area contributed by atoms with E-state index < -0.39 is 47.3 Å². The molecule has 0 N–H and O–H groups in total. The normalized spacial score (nSPS) is 20.5. The van der Waals surface area contributed by atoms with Gasteiger partial charge in [-0.05, 0) is 75.8 Å². The summed E-state index contributed by atoms with van der Waals surface area (Å²) in [7, 11) is 0. The molecule has 0 bridgehead atoms. The number of halogens is 6. The molecule has 3 atom stereocenters. The first-order chi connectivity index (χ1) is 23.5. The third-order valence-electron chi connectivity index (χ3n) is 8.96. The number of hydrogen-bond acceptors (Lipinski definition) is 7. The molecular weight excluding hydrogens is 664 g/mol. The van der Waals surface area contributed by atoms with Gasteiger partial charge in [-0.25, -0.2) is 14.8 Å². The number of ether oxygens (including phenoxy) is 2. The second kappa shape index (κ2) is 15.0. The van der Waals surface area contributed by atoms with E-state index in [1.54, 1.807) is 43.0 Å². The molecule has 2 fully saturated rings. The maximum absolute atomic E-state index is 13.9. The van der Waals surface area contributed by atoms with Crippen LogP contribution in [-0.4, -0.2) is 71.0 Å².